The van der Waals surface area contributed by atoms with Crippen molar-refractivity contribution in [3.8, 4) is 89.3 Å². The molecule has 19 rings (SSSR count). The van der Waals surface area contributed by atoms with E-state index in [9.17, 15) is 0 Å². The number of hydrogen-bond acceptors (Lipinski definition) is 0. The number of para-hydroxylation sites is 1. The van der Waals surface area contributed by atoms with Gasteiger partial charge in [0.1, 0.15) is 0 Å². The van der Waals surface area contributed by atoms with Gasteiger partial charge in [-0.05, 0) is 237 Å². The van der Waals surface area contributed by atoms with Crippen molar-refractivity contribution in [2.45, 2.75) is 47.0 Å². The van der Waals surface area contributed by atoms with Crippen molar-refractivity contribution in [1.29, 1.82) is 0 Å². The molecule has 0 atom stereocenters. The van der Waals surface area contributed by atoms with Crippen LogP contribution >= 0.6 is 0 Å². The van der Waals surface area contributed by atoms with E-state index in [2.05, 4.69) is 403 Å². The second kappa shape index (κ2) is 25.5. The quantitative estimate of drug-likeness (QED) is 0.128. The van der Waals surface area contributed by atoms with E-state index in [1.807, 2.05) is 0 Å². The topological polar surface area (TPSA) is 9.86 Å². The van der Waals surface area contributed by atoms with Gasteiger partial charge in [-0.2, -0.15) is 0 Å². The maximum atomic E-state index is 2.48. The smallest absolute Gasteiger partial charge is 0.0541 e. The summed E-state index contributed by atoms with van der Waals surface area (Å²) in [7, 11) is 0. The average Bonchev–Trinajstić information content (AvgIpc) is 1.62. The van der Waals surface area contributed by atoms with Gasteiger partial charge in [0.2, 0.25) is 0 Å². The summed E-state index contributed by atoms with van der Waals surface area (Å²) in [4.78, 5) is 0. The summed E-state index contributed by atoms with van der Waals surface area (Å²) in [6.07, 6.45) is 0. The molecule has 0 spiro atoms. The van der Waals surface area contributed by atoms with E-state index in [0.29, 0.717) is 0 Å². The summed E-state index contributed by atoms with van der Waals surface area (Å²) >= 11 is 0. The summed E-state index contributed by atoms with van der Waals surface area (Å²) in [5.41, 5.74) is 29.9. The lowest BCUT2D eigenvalue weighted by Gasteiger charge is -2.23. The van der Waals surface area contributed by atoms with Crippen LogP contribution in [0.15, 0.2) is 352 Å². The van der Waals surface area contributed by atoms with Crippen molar-refractivity contribution >= 4 is 86.7 Å². The van der Waals surface area contributed by atoms with Gasteiger partial charge in [-0.3, -0.25) is 0 Å². The van der Waals surface area contributed by atoms with Crippen LogP contribution in [0.3, 0.4) is 0 Å². The lowest BCUT2D eigenvalue weighted by molar-refractivity contribution is 0.591. The van der Waals surface area contributed by atoms with Gasteiger partial charge in [0.15, 0.2) is 0 Å². The van der Waals surface area contributed by atoms with E-state index in [-0.39, 0.29) is 5.41 Å². The monoisotopic (exact) mass is 1320 g/mol. The number of fused-ring (bicyclic) bond motifs is 10. The number of hydrogen-bond donors (Lipinski definition) is 0. The minimum Gasteiger partial charge on any atom is -0.309 e. The first-order valence-corrected chi connectivity index (χ1v) is 36.0. The third-order valence-electron chi connectivity index (χ3n) is 21.5. The highest BCUT2D eigenvalue weighted by Gasteiger charge is 2.24. The predicted molar refractivity (Wildman–Crippen MR) is 443 cm³/mol. The highest BCUT2D eigenvalue weighted by Crippen LogP contribution is 2.49. The molecule has 103 heavy (non-hydrogen) atoms. The number of aromatic nitrogens is 2. The molecule has 2 nitrogen and oxygen atoms in total. The fourth-order valence-corrected chi connectivity index (χ4v) is 16.4. The standard InChI is InChI=1S/C52H37N.C49H39N/c1-34-31-50(35(2)30-45(34)52-43-24-14-12-22-41(43)51(38-20-10-5-11-21-38)42-23-13-15-25-44(42)52)53-48-28-26-39(36-16-6-3-7-17-36)32-46(48)47-33-40(27-29-49(47)53)37-18-8-4-9-19-37;1-32-18-20-34(21-19-32)48-41-16-9-8-15-40(41)47(42-28-25-37(31-44(42)48)49(2,3)4)35-22-26-38(27-23-35)50-45-17-11-10-14-39(45)43-30-36(24-29-46(43)50)33-12-6-5-7-13-33/h3-33H,1-2H3;5-31H,1-4H3. The zero-order valence-electron chi connectivity index (χ0n) is 58.9. The van der Waals surface area contributed by atoms with Gasteiger partial charge in [-0.15, -0.1) is 0 Å². The third-order valence-corrected chi connectivity index (χ3v) is 21.5. The maximum absolute atomic E-state index is 2.48. The SMILES string of the molecule is Cc1cc(-n2c3ccc(-c4ccccc4)cc3c3cc(-c4ccccc4)ccc32)c(C)cc1-c1c2ccccc2c(-c2ccccc2)c2ccccc12.Cc1ccc(-c2c3ccccc3c(-c3ccc(-n4c5ccccc5c5cc(-c6ccccc6)ccc54)cc3)c3ccc(C(C)(C)C)cc23)cc1. The van der Waals surface area contributed by atoms with Crippen LogP contribution in [0.1, 0.15) is 43.0 Å². The molecule has 0 aliphatic rings. The van der Waals surface area contributed by atoms with E-state index >= 15 is 0 Å². The Hall–Kier alpha value is -12.6. The molecule has 19 aromatic rings. The summed E-state index contributed by atoms with van der Waals surface area (Å²) in [6, 6.07) is 130. The third kappa shape index (κ3) is 11.0. The van der Waals surface area contributed by atoms with E-state index in [0.717, 1.165) is 5.69 Å². The second-order valence-electron chi connectivity index (χ2n) is 28.9. The van der Waals surface area contributed by atoms with Crippen LogP contribution in [0.5, 0.6) is 0 Å². The fraction of sp³-hybridized carbons (Fsp3) is 0.0693. The molecule has 17 aromatic carbocycles. The van der Waals surface area contributed by atoms with Crippen molar-refractivity contribution in [3.05, 3.63) is 374 Å². The molecule has 0 bridgehead atoms. The Balaban J connectivity index is 0.000000147. The molecule has 0 saturated carbocycles. The molecule has 0 N–H and O–H groups in total. The van der Waals surface area contributed by atoms with Crippen molar-refractivity contribution in [3.63, 3.8) is 0 Å². The molecule has 0 aliphatic carbocycles. The molecule has 0 unspecified atom stereocenters. The van der Waals surface area contributed by atoms with Crippen LogP contribution in [0.25, 0.3) is 176 Å². The average molecular weight is 1320 g/mol. The van der Waals surface area contributed by atoms with Crippen LogP contribution in [0.4, 0.5) is 0 Å². The van der Waals surface area contributed by atoms with Crippen molar-refractivity contribution in [1.82, 2.24) is 9.13 Å². The Labute approximate surface area is 602 Å². The minimum atomic E-state index is 0.0381. The molecule has 2 heterocycles. The van der Waals surface area contributed by atoms with Gasteiger partial charge in [-0.1, -0.05) is 305 Å². The molecule has 0 fully saturated rings. The fourth-order valence-electron chi connectivity index (χ4n) is 16.4. The number of rotatable bonds is 9. The normalized spacial score (nSPS) is 11.8. The minimum absolute atomic E-state index is 0.0381. The number of benzene rings is 17. The van der Waals surface area contributed by atoms with Gasteiger partial charge in [-0.25, -0.2) is 0 Å². The van der Waals surface area contributed by atoms with Crippen LogP contribution in [0, 0.1) is 20.8 Å². The van der Waals surface area contributed by atoms with Crippen molar-refractivity contribution < 1.29 is 0 Å². The van der Waals surface area contributed by atoms with Crippen LogP contribution in [0.2, 0.25) is 0 Å². The largest absolute Gasteiger partial charge is 0.309 e. The summed E-state index contributed by atoms with van der Waals surface area (Å²) in [6.45, 7) is 13.6. The first-order chi connectivity index (χ1) is 50.5. The number of aryl methyl sites for hydroxylation is 3. The van der Waals surface area contributed by atoms with Gasteiger partial charge in [0.05, 0.1) is 22.1 Å². The Morgan fingerprint density at radius 3 is 1.01 bits per heavy atom. The maximum Gasteiger partial charge on any atom is 0.0541 e. The van der Waals surface area contributed by atoms with E-state index in [1.165, 1.54) is 193 Å². The molecular weight excluding hydrogens is 1240 g/mol. The van der Waals surface area contributed by atoms with Gasteiger partial charge in [0.25, 0.3) is 0 Å². The molecule has 0 aliphatic heterocycles. The molecule has 0 radical (unpaired) electrons. The Morgan fingerprint density at radius 1 is 0.214 bits per heavy atom. The Bertz CT molecular complexity index is 6330. The molecule has 2 aromatic heterocycles. The lowest BCUT2D eigenvalue weighted by Crippen LogP contribution is -2.10. The molecular formula is C101H76N2. The van der Waals surface area contributed by atoms with Gasteiger partial charge in [0, 0.05) is 32.9 Å². The van der Waals surface area contributed by atoms with Crippen LogP contribution in [-0.2, 0) is 5.41 Å². The first kappa shape index (κ1) is 62.6. The lowest BCUT2D eigenvalue weighted by atomic mass is 9.81. The first-order valence-electron chi connectivity index (χ1n) is 36.0. The second-order valence-corrected chi connectivity index (χ2v) is 28.9. The summed E-state index contributed by atoms with van der Waals surface area (Å²) in [5, 5.41) is 15.3. The predicted octanol–water partition coefficient (Wildman–Crippen LogP) is 28.1. The highest BCUT2D eigenvalue weighted by atomic mass is 15.0. The van der Waals surface area contributed by atoms with Crippen LogP contribution < -0.4 is 0 Å². The zero-order valence-corrected chi connectivity index (χ0v) is 58.9. The number of nitrogens with zero attached hydrogens (tertiary/aromatic N) is 2. The molecule has 490 valence electrons. The zero-order chi connectivity index (χ0) is 69.5. The van der Waals surface area contributed by atoms with Crippen LogP contribution in [-0.4, -0.2) is 9.13 Å². The van der Waals surface area contributed by atoms with Crippen molar-refractivity contribution in [2.75, 3.05) is 0 Å². The molecule has 0 amide bonds. The summed E-state index contributed by atoms with van der Waals surface area (Å²) < 4.78 is 4.89. The van der Waals surface area contributed by atoms with E-state index in [4.69, 9.17) is 0 Å². The highest BCUT2D eigenvalue weighted by molar-refractivity contribution is 6.23. The van der Waals surface area contributed by atoms with E-state index < -0.39 is 0 Å². The molecule has 0 saturated heterocycles. The summed E-state index contributed by atoms with van der Waals surface area (Å²) in [5.74, 6) is 0. The Kier molecular flexibility index (Phi) is 15.5. The van der Waals surface area contributed by atoms with E-state index in [1.54, 1.807) is 0 Å². The Morgan fingerprint density at radius 2 is 0.553 bits per heavy atom. The van der Waals surface area contributed by atoms with Crippen molar-refractivity contribution in [2.24, 2.45) is 0 Å². The van der Waals surface area contributed by atoms with Gasteiger partial charge >= 0.3 is 0 Å². The molecule has 2 heteroatoms. The van der Waals surface area contributed by atoms with Gasteiger partial charge < -0.3 is 9.13 Å².